The fraction of sp³-hybridized carbons (Fsp3) is 0.375. The van der Waals surface area contributed by atoms with Gasteiger partial charge in [0, 0.05) is 51.4 Å². The van der Waals surface area contributed by atoms with Gasteiger partial charge >= 0.3 is 0 Å². The van der Waals surface area contributed by atoms with Crippen LogP contribution in [0.3, 0.4) is 0 Å². The first-order valence-electron chi connectivity index (χ1n) is 10.6. The van der Waals surface area contributed by atoms with E-state index in [1.807, 2.05) is 47.6 Å². The van der Waals surface area contributed by atoms with Crippen LogP contribution in [0.5, 0.6) is 11.5 Å². The highest BCUT2D eigenvalue weighted by atomic mass is 16.7. The molecule has 0 unspecified atom stereocenters. The summed E-state index contributed by atoms with van der Waals surface area (Å²) >= 11 is 0. The van der Waals surface area contributed by atoms with Gasteiger partial charge in [0.25, 0.3) is 5.91 Å². The van der Waals surface area contributed by atoms with E-state index in [1.165, 1.54) is 5.56 Å². The van der Waals surface area contributed by atoms with Crippen LogP contribution in [0.15, 0.2) is 46.9 Å². The van der Waals surface area contributed by atoms with Crippen LogP contribution in [0.25, 0.3) is 11.1 Å². The van der Waals surface area contributed by atoms with Crippen molar-refractivity contribution in [3.63, 3.8) is 0 Å². The summed E-state index contributed by atoms with van der Waals surface area (Å²) in [5.74, 6) is 2.51. The largest absolute Gasteiger partial charge is 0.460 e. The Morgan fingerprint density at radius 1 is 1.06 bits per heavy atom. The molecule has 0 bridgehead atoms. The molecular weight excluding hydrogens is 394 g/mol. The van der Waals surface area contributed by atoms with E-state index in [2.05, 4.69) is 17.5 Å². The van der Waals surface area contributed by atoms with Crippen molar-refractivity contribution >= 4 is 17.0 Å². The molecule has 2 aliphatic rings. The van der Waals surface area contributed by atoms with Crippen LogP contribution in [-0.4, -0.2) is 53.2 Å². The summed E-state index contributed by atoms with van der Waals surface area (Å²) in [7, 11) is 0. The van der Waals surface area contributed by atoms with Crippen molar-refractivity contribution in [1.29, 1.82) is 0 Å². The van der Waals surface area contributed by atoms with Crippen LogP contribution in [0.1, 0.15) is 28.7 Å². The van der Waals surface area contributed by atoms with Gasteiger partial charge in [0.15, 0.2) is 17.1 Å². The van der Waals surface area contributed by atoms with E-state index in [0.29, 0.717) is 25.3 Å². The molecule has 0 spiro atoms. The fourth-order valence-corrected chi connectivity index (χ4v) is 4.35. The SMILES string of the molecule is C=C(C)Cn1c(C(=O)N2CCN(Cc3ccc4c(c3)OCO4)CC2)cc2oc(C)cc21. The highest BCUT2D eigenvalue weighted by Crippen LogP contribution is 2.33. The molecule has 0 aliphatic carbocycles. The van der Waals surface area contributed by atoms with Crippen LogP contribution >= 0.6 is 0 Å². The second kappa shape index (κ2) is 7.81. The highest BCUT2D eigenvalue weighted by molar-refractivity contribution is 5.97. The normalized spacial score (nSPS) is 16.3. The average molecular weight is 421 g/mol. The third kappa shape index (κ3) is 3.81. The van der Waals surface area contributed by atoms with Crippen molar-refractivity contribution in [3.05, 3.63) is 59.5 Å². The van der Waals surface area contributed by atoms with E-state index in [0.717, 1.165) is 53.6 Å². The van der Waals surface area contributed by atoms with Gasteiger partial charge in [0.2, 0.25) is 6.79 Å². The van der Waals surface area contributed by atoms with Gasteiger partial charge in [-0.1, -0.05) is 18.2 Å². The zero-order valence-corrected chi connectivity index (χ0v) is 18.0. The summed E-state index contributed by atoms with van der Waals surface area (Å²) in [4.78, 5) is 17.6. The lowest BCUT2D eigenvalue weighted by Gasteiger charge is -2.35. The lowest BCUT2D eigenvalue weighted by atomic mass is 10.1. The molecule has 0 radical (unpaired) electrons. The monoisotopic (exact) mass is 421 g/mol. The number of rotatable bonds is 5. The van der Waals surface area contributed by atoms with Gasteiger partial charge in [0.1, 0.15) is 11.5 Å². The molecule has 3 aromatic rings. The number of furan rings is 1. The van der Waals surface area contributed by atoms with E-state index in [-0.39, 0.29) is 12.7 Å². The van der Waals surface area contributed by atoms with E-state index < -0.39 is 0 Å². The molecule has 0 atom stereocenters. The second-order valence-corrected chi connectivity index (χ2v) is 8.44. The number of allylic oxidation sites excluding steroid dienone is 1. The molecule has 1 saturated heterocycles. The van der Waals surface area contributed by atoms with Gasteiger partial charge in [-0.2, -0.15) is 0 Å². The molecule has 1 amide bonds. The Hall–Kier alpha value is -3.19. The Balaban J connectivity index is 1.27. The van der Waals surface area contributed by atoms with Crippen LogP contribution in [0.4, 0.5) is 0 Å². The minimum absolute atomic E-state index is 0.0491. The maximum absolute atomic E-state index is 13.3. The van der Waals surface area contributed by atoms with E-state index >= 15 is 0 Å². The van der Waals surface area contributed by atoms with Crippen molar-refractivity contribution in [2.75, 3.05) is 33.0 Å². The van der Waals surface area contributed by atoms with Crippen LogP contribution in [-0.2, 0) is 13.1 Å². The van der Waals surface area contributed by atoms with E-state index in [1.54, 1.807) is 0 Å². The summed E-state index contributed by atoms with van der Waals surface area (Å²) < 4.78 is 18.7. The van der Waals surface area contributed by atoms with Crippen molar-refractivity contribution in [2.45, 2.75) is 26.9 Å². The maximum atomic E-state index is 13.3. The topological polar surface area (TPSA) is 60.1 Å². The van der Waals surface area contributed by atoms with Crippen LogP contribution < -0.4 is 9.47 Å². The fourth-order valence-electron chi connectivity index (χ4n) is 4.35. The standard InChI is InChI=1S/C24H27N3O4/c1-16(2)13-27-19-10-17(3)31-22(19)12-20(27)24(28)26-8-6-25(7-9-26)14-18-4-5-21-23(11-18)30-15-29-21/h4-5,10-12H,1,6-9,13-15H2,2-3H3. The summed E-state index contributed by atoms with van der Waals surface area (Å²) in [6, 6.07) is 9.93. The van der Waals surface area contributed by atoms with Crippen molar-refractivity contribution < 1.29 is 18.7 Å². The molecule has 7 heteroatoms. The molecule has 1 fully saturated rings. The number of nitrogens with zero attached hydrogens (tertiary/aromatic N) is 3. The number of benzene rings is 1. The number of piperazine rings is 1. The number of aryl methyl sites for hydroxylation is 1. The first-order chi connectivity index (χ1) is 15.0. The van der Waals surface area contributed by atoms with Gasteiger partial charge in [-0.05, 0) is 31.5 Å². The maximum Gasteiger partial charge on any atom is 0.270 e. The summed E-state index contributed by atoms with van der Waals surface area (Å²) in [6.45, 7) is 12.7. The molecule has 7 nitrogen and oxygen atoms in total. The van der Waals surface area contributed by atoms with Crippen molar-refractivity contribution in [2.24, 2.45) is 0 Å². The summed E-state index contributed by atoms with van der Waals surface area (Å²) in [5, 5.41) is 0. The number of fused-ring (bicyclic) bond motifs is 2. The number of aromatic nitrogens is 1. The Morgan fingerprint density at radius 3 is 2.61 bits per heavy atom. The van der Waals surface area contributed by atoms with Crippen molar-refractivity contribution in [3.8, 4) is 11.5 Å². The minimum Gasteiger partial charge on any atom is -0.460 e. The van der Waals surface area contributed by atoms with Gasteiger partial charge in [0.05, 0.1) is 5.52 Å². The third-order valence-electron chi connectivity index (χ3n) is 5.86. The predicted octanol–water partition coefficient (Wildman–Crippen LogP) is 3.81. The molecule has 2 aromatic heterocycles. The molecule has 162 valence electrons. The number of amides is 1. The highest BCUT2D eigenvalue weighted by Gasteiger charge is 2.26. The molecule has 0 saturated carbocycles. The van der Waals surface area contributed by atoms with Gasteiger partial charge in [-0.25, -0.2) is 0 Å². The number of hydrogen-bond acceptors (Lipinski definition) is 5. The average Bonchev–Trinajstić information content (AvgIpc) is 3.43. The van der Waals surface area contributed by atoms with Crippen molar-refractivity contribution in [1.82, 2.24) is 14.4 Å². The number of hydrogen-bond donors (Lipinski definition) is 0. The molecule has 4 heterocycles. The van der Waals surface area contributed by atoms with Gasteiger partial charge < -0.3 is 23.4 Å². The molecule has 5 rings (SSSR count). The lowest BCUT2D eigenvalue weighted by molar-refractivity contribution is 0.0619. The quantitative estimate of drug-likeness (QED) is 0.587. The Kier molecular flexibility index (Phi) is 4.98. The van der Waals surface area contributed by atoms with Crippen LogP contribution in [0.2, 0.25) is 0 Å². The molecular formula is C24H27N3O4. The third-order valence-corrected chi connectivity index (χ3v) is 5.86. The van der Waals surface area contributed by atoms with Crippen LogP contribution in [0, 0.1) is 6.92 Å². The zero-order valence-electron chi connectivity index (χ0n) is 18.0. The number of ether oxygens (including phenoxy) is 2. The minimum atomic E-state index is 0.0491. The van der Waals surface area contributed by atoms with E-state index in [4.69, 9.17) is 13.9 Å². The number of carbonyl (C=O) groups excluding carboxylic acids is 1. The first kappa shape index (κ1) is 19.8. The Bertz CT molecular complexity index is 1150. The van der Waals surface area contributed by atoms with E-state index in [9.17, 15) is 4.79 Å². The number of carbonyl (C=O) groups is 1. The molecule has 31 heavy (non-hydrogen) atoms. The van der Waals surface area contributed by atoms with Gasteiger partial charge in [-0.3, -0.25) is 9.69 Å². The molecule has 0 N–H and O–H groups in total. The second-order valence-electron chi connectivity index (χ2n) is 8.44. The zero-order chi connectivity index (χ0) is 21.5. The summed E-state index contributed by atoms with van der Waals surface area (Å²) in [5.41, 5.74) is 4.56. The molecule has 2 aliphatic heterocycles. The Labute approximate surface area is 181 Å². The smallest absolute Gasteiger partial charge is 0.270 e. The summed E-state index contributed by atoms with van der Waals surface area (Å²) in [6.07, 6.45) is 0. The Morgan fingerprint density at radius 2 is 1.84 bits per heavy atom. The van der Waals surface area contributed by atoms with Gasteiger partial charge in [-0.15, -0.1) is 0 Å². The first-order valence-corrected chi connectivity index (χ1v) is 10.6. The molecule has 1 aromatic carbocycles. The predicted molar refractivity (Wildman–Crippen MR) is 118 cm³/mol. The lowest BCUT2D eigenvalue weighted by Crippen LogP contribution is -2.48.